The zero-order valence-corrected chi connectivity index (χ0v) is 74.4. The Bertz CT molecular complexity index is 6650. The zero-order chi connectivity index (χ0) is 89.5. The maximum Gasteiger partial charge on any atom is 0.180 e. The number of benzene rings is 4. The molecule has 1 atom stereocenters. The van der Waals surface area contributed by atoms with Crippen molar-refractivity contribution in [1.82, 2.24) is 112 Å². The number of piperazine rings is 3. The smallest absolute Gasteiger partial charge is 0.180 e. The van der Waals surface area contributed by atoms with E-state index in [-0.39, 0.29) is 0 Å². The van der Waals surface area contributed by atoms with Crippen molar-refractivity contribution < 1.29 is 4.74 Å². The van der Waals surface area contributed by atoms with Crippen molar-refractivity contribution in [1.29, 1.82) is 0 Å². The summed E-state index contributed by atoms with van der Waals surface area (Å²) in [6, 6.07) is 36.5. The molecule has 4 aliphatic heterocycles. The second-order valence-corrected chi connectivity index (χ2v) is 34.5. The van der Waals surface area contributed by atoms with Gasteiger partial charge in [0.05, 0.1) is 61.8 Å². The number of rotatable bonds is 20. The summed E-state index contributed by atoms with van der Waals surface area (Å²) in [6.07, 6.45) is 45.2. The summed E-state index contributed by atoms with van der Waals surface area (Å²) in [6.45, 7) is 22.0. The molecule has 4 saturated heterocycles. The van der Waals surface area contributed by atoms with Crippen molar-refractivity contribution in [2.24, 2.45) is 0 Å². The Kier molecular flexibility index (Phi) is 24.8. The van der Waals surface area contributed by atoms with Gasteiger partial charge in [-0.25, -0.2) is 59.8 Å². The molecule has 16 aromatic rings. The van der Waals surface area contributed by atoms with Crippen molar-refractivity contribution in [2.45, 2.75) is 109 Å². The summed E-state index contributed by atoms with van der Waals surface area (Å²) in [4.78, 5) is 89.1. The fourth-order valence-electron chi connectivity index (χ4n) is 18.0. The van der Waals surface area contributed by atoms with E-state index in [0.29, 0.717) is 104 Å². The van der Waals surface area contributed by atoms with Gasteiger partial charge in [0.25, 0.3) is 0 Å². The highest BCUT2D eigenvalue weighted by molar-refractivity contribution is 5.79. The first kappa shape index (κ1) is 85.2. The van der Waals surface area contributed by atoms with E-state index < -0.39 is 0 Å². The fourth-order valence-corrected chi connectivity index (χ4v) is 18.0. The van der Waals surface area contributed by atoms with E-state index in [9.17, 15) is 0 Å². The lowest BCUT2D eigenvalue weighted by Crippen LogP contribution is -2.52. The number of nitrogens with one attached hydrogen (secondary N) is 4. The standard InChI is InChI=1S/2C25H29N9.C24H27N9.C22H24N8O/c1-17-23(21-15-27-16-22(26)30-21)31-24(25-28-9-10-34(17)25)29-18-5-7-20(8-6-18)33-13-11-32(12-14-33)19-3-2-4-19;1-17-23(26)30-21(15-28-17)22-16-34-10-9-27-25(34)24(31-22)29-18-5-7-20(8-6-18)33-13-11-32(12-14-33)19-3-2-4-19;25-22-15-26-14-20(29-22)21-16-33-9-8-27-24(33)23(30-21)28-17-4-6-19(7-5-17)32-12-10-31(11-13-32)18-2-1-3-18;1-2-17-13-29(9-10-31-17)16-5-3-15(4-6-16)26-21-22-25-7-8-30(22)14-19(28-21)18-11-24-12-20(23)27-18/h2*5-10,15-16,19H,2-4,11-14H2,1H3,(H2,26,30)(H,29,31);4-9,14-16,18H,1-3,10-13H2,(H2,25,29)(H,28,30);3-8,11-12,14,17H,2,9-10,13H2,1H3,(H2,23,27)(H,26,28)/t;;;17-/m...0/s1. The van der Waals surface area contributed by atoms with Crippen LogP contribution >= 0.6 is 0 Å². The maximum absolute atomic E-state index is 5.98. The first-order valence-corrected chi connectivity index (χ1v) is 45.7. The number of nitrogen functional groups attached to an aromatic ring is 4. The second-order valence-electron chi connectivity index (χ2n) is 34.5. The average molecular weight is 1770 g/mol. The van der Waals surface area contributed by atoms with E-state index in [4.69, 9.17) is 47.6 Å². The number of hydrogen-bond donors (Lipinski definition) is 8. The first-order valence-electron chi connectivity index (χ1n) is 45.7. The van der Waals surface area contributed by atoms with Gasteiger partial charge in [0, 0.05) is 229 Å². The van der Waals surface area contributed by atoms with Crippen LogP contribution in [0.3, 0.4) is 0 Å². The minimum absolute atomic E-state index is 0.294. The summed E-state index contributed by atoms with van der Waals surface area (Å²) in [5.74, 6) is 4.09. The number of imidazole rings is 4. The van der Waals surface area contributed by atoms with Crippen molar-refractivity contribution in [2.75, 3.05) is 162 Å². The number of ether oxygens (including phenoxy) is 1. The van der Waals surface area contributed by atoms with Crippen LogP contribution in [0.15, 0.2) is 209 Å². The Hall–Kier alpha value is -14.9. The number of aryl methyl sites for hydroxylation is 2. The van der Waals surface area contributed by atoms with Crippen LogP contribution in [0.4, 0.5) is 92.0 Å². The van der Waals surface area contributed by atoms with Crippen molar-refractivity contribution in [3.8, 4) is 45.6 Å². The van der Waals surface area contributed by atoms with Crippen LogP contribution < -0.4 is 63.8 Å². The van der Waals surface area contributed by atoms with Crippen LogP contribution in [-0.2, 0) is 4.74 Å². The number of fused-ring (bicyclic) bond motifs is 4. The molecule has 674 valence electrons. The number of nitrogens with zero attached hydrogens (tertiary/aromatic N) is 27. The highest BCUT2D eigenvalue weighted by Gasteiger charge is 2.32. The SMILES string of the molecule is CC[C@H]1CN(c2ccc(Nc3nc(-c4cncc(N)n4)cn4ccnc34)cc2)CCO1.Cc1c(-c2cncc(N)n2)nc(Nc2ccc(N3CCN(C4CCC4)CC3)cc2)c2nccn12.Cc1ncc(-c2cn3ccnc3c(Nc3ccc(N4CCN(C5CCC5)CC4)cc3)n2)nc1N.Nc1cncc(-c2cn3ccnc3c(Nc3ccc(N4CCN(C5CCC5)CC4)cc3)n2)n1. The van der Waals surface area contributed by atoms with Gasteiger partial charge in [0.15, 0.2) is 45.9 Å². The Labute approximate surface area is 764 Å². The summed E-state index contributed by atoms with van der Waals surface area (Å²) >= 11 is 0. The van der Waals surface area contributed by atoms with E-state index in [1.807, 2.05) is 74.8 Å². The van der Waals surface area contributed by atoms with Crippen molar-refractivity contribution in [3.63, 3.8) is 0 Å². The van der Waals surface area contributed by atoms with Crippen LogP contribution in [0.1, 0.15) is 82.5 Å². The molecule has 12 aromatic heterocycles. The van der Waals surface area contributed by atoms with Crippen molar-refractivity contribution >= 4 is 115 Å². The molecule has 0 spiro atoms. The lowest BCUT2D eigenvalue weighted by atomic mass is 9.91. The van der Waals surface area contributed by atoms with Gasteiger partial charge in [-0.3, -0.25) is 39.0 Å². The second kappa shape index (κ2) is 38.4. The van der Waals surface area contributed by atoms with Crippen LogP contribution in [0.2, 0.25) is 0 Å². The molecule has 0 amide bonds. The molecular weight excluding hydrogens is 1660 g/mol. The van der Waals surface area contributed by atoms with Gasteiger partial charge in [-0.05, 0) is 156 Å². The molecule has 7 aliphatic rings. The largest absolute Gasteiger partial charge is 0.382 e. The predicted molar refractivity (Wildman–Crippen MR) is 519 cm³/mol. The fraction of sp³-hybridized carbons (Fsp3) is 0.333. The number of nitrogens with two attached hydrogens (primary N) is 4. The summed E-state index contributed by atoms with van der Waals surface area (Å²) in [5.41, 5.74) is 42.0. The Morgan fingerprint density at radius 3 is 1.06 bits per heavy atom. The van der Waals surface area contributed by atoms with Crippen LogP contribution in [-0.4, -0.2) is 235 Å². The average Bonchev–Trinajstić information content (AvgIpc) is 1.53. The summed E-state index contributed by atoms with van der Waals surface area (Å²) in [7, 11) is 0. The van der Waals surface area contributed by atoms with Gasteiger partial charge in [0.1, 0.15) is 68.8 Å². The molecule has 36 heteroatoms. The molecule has 23 rings (SSSR count). The summed E-state index contributed by atoms with van der Waals surface area (Å²) < 4.78 is 13.5. The van der Waals surface area contributed by atoms with E-state index >= 15 is 0 Å². The van der Waals surface area contributed by atoms with Gasteiger partial charge in [-0.15, -0.1) is 0 Å². The van der Waals surface area contributed by atoms with Gasteiger partial charge < -0.3 is 81.7 Å². The third kappa shape index (κ3) is 19.1. The molecular formula is C96H109N35O. The molecule has 0 bridgehead atoms. The van der Waals surface area contributed by atoms with E-state index in [0.717, 1.165) is 174 Å². The van der Waals surface area contributed by atoms with E-state index in [1.165, 1.54) is 99.1 Å². The van der Waals surface area contributed by atoms with Crippen molar-refractivity contribution in [3.05, 3.63) is 220 Å². The molecule has 3 saturated carbocycles. The number of hydrogen-bond acceptors (Lipinski definition) is 32. The highest BCUT2D eigenvalue weighted by atomic mass is 16.5. The Morgan fingerprint density at radius 1 is 0.348 bits per heavy atom. The molecule has 16 heterocycles. The molecule has 0 radical (unpaired) electrons. The lowest BCUT2D eigenvalue weighted by Gasteiger charge is -2.43. The van der Waals surface area contributed by atoms with Gasteiger partial charge in [-0.1, -0.05) is 26.2 Å². The third-order valence-corrected chi connectivity index (χ3v) is 26.2. The molecule has 12 N–H and O–H groups in total. The lowest BCUT2D eigenvalue weighted by molar-refractivity contribution is 0.0384. The van der Waals surface area contributed by atoms with E-state index in [1.54, 1.807) is 49.6 Å². The topological polar surface area (TPSA) is 408 Å². The Balaban J connectivity index is 0.000000110. The van der Waals surface area contributed by atoms with Gasteiger partial charge in [0.2, 0.25) is 0 Å². The quantitative estimate of drug-likeness (QED) is 0.0351. The molecule has 0 unspecified atom stereocenters. The maximum atomic E-state index is 5.98. The van der Waals surface area contributed by atoms with Crippen LogP contribution in [0.5, 0.6) is 0 Å². The summed E-state index contributed by atoms with van der Waals surface area (Å²) in [5, 5.41) is 13.7. The van der Waals surface area contributed by atoms with Gasteiger partial charge in [-0.2, -0.15) is 0 Å². The van der Waals surface area contributed by atoms with Crippen LogP contribution in [0, 0.1) is 13.8 Å². The first-order chi connectivity index (χ1) is 64.7. The molecule has 132 heavy (non-hydrogen) atoms. The van der Waals surface area contributed by atoms with Crippen LogP contribution in [0.25, 0.3) is 68.1 Å². The minimum atomic E-state index is 0.294. The number of aromatic nitrogens is 20. The molecule has 7 fully saturated rings. The predicted octanol–water partition coefficient (Wildman–Crippen LogP) is 13.3. The van der Waals surface area contributed by atoms with E-state index in [2.05, 4.69) is 219 Å². The Morgan fingerprint density at radius 2 is 0.697 bits per heavy atom. The normalized spacial score (nSPS) is 17.0. The monoisotopic (exact) mass is 1770 g/mol. The highest BCUT2D eigenvalue weighted by Crippen LogP contribution is 2.36. The number of morpholine rings is 1. The molecule has 3 aliphatic carbocycles. The molecule has 36 nitrogen and oxygen atoms in total. The third-order valence-electron chi connectivity index (χ3n) is 26.2. The zero-order valence-electron chi connectivity index (χ0n) is 74.4. The number of anilines is 16. The van der Waals surface area contributed by atoms with Gasteiger partial charge >= 0.3 is 0 Å². The minimum Gasteiger partial charge on any atom is -0.382 e. The molecule has 4 aromatic carbocycles.